The van der Waals surface area contributed by atoms with Crippen LogP contribution in [0.3, 0.4) is 0 Å². The number of nitrogens with one attached hydrogen (secondary N) is 2. The monoisotopic (exact) mass is 230 g/mol. The molecule has 0 radical (unpaired) electrons. The van der Waals surface area contributed by atoms with Crippen molar-refractivity contribution in [2.75, 3.05) is 13.6 Å². The second kappa shape index (κ2) is 5.59. The van der Waals surface area contributed by atoms with Gasteiger partial charge in [0.15, 0.2) is 0 Å². The van der Waals surface area contributed by atoms with E-state index >= 15 is 0 Å². The minimum atomic E-state index is 0.917. The first kappa shape index (κ1) is 11.8. The van der Waals surface area contributed by atoms with E-state index in [2.05, 4.69) is 20.3 Å². The van der Waals surface area contributed by atoms with E-state index in [4.69, 9.17) is 0 Å². The Morgan fingerprint density at radius 3 is 2.94 bits per heavy atom. The molecule has 2 rings (SSSR count). The fourth-order valence-corrected chi connectivity index (χ4v) is 1.80. The first-order chi connectivity index (χ1) is 8.29. The molecule has 0 aliphatic rings. The minimum absolute atomic E-state index is 0.917. The Morgan fingerprint density at radius 2 is 2.24 bits per heavy atom. The average molecular weight is 230 g/mol. The highest BCUT2D eigenvalue weighted by Gasteiger charge is 2.04. The van der Waals surface area contributed by atoms with Crippen molar-refractivity contribution in [2.45, 2.75) is 19.8 Å². The summed E-state index contributed by atoms with van der Waals surface area (Å²) < 4.78 is 0. The van der Waals surface area contributed by atoms with Crippen molar-refractivity contribution in [1.29, 1.82) is 0 Å². The van der Waals surface area contributed by atoms with E-state index in [0.29, 0.717) is 0 Å². The molecular formula is C13H18N4. The van der Waals surface area contributed by atoms with Crippen LogP contribution in [-0.2, 0) is 6.42 Å². The molecule has 0 aromatic carbocycles. The zero-order valence-electron chi connectivity index (χ0n) is 10.3. The highest BCUT2D eigenvalue weighted by Crippen LogP contribution is 2.17. The van der Waals surface area contributed by atoms with Gasteiger partial charge >= 0.3 is 0 Å². The van der Waals surface area contributed by atoms with Crippen molar-refractivity contribution in [2.24, 2.45) is 0 Å². The number of aromatic nitrogens is 3. The van der Waals surface area contributed by atoms with E-state index in [1.54, 1.807) is 0 Å². The zero-order valence-corrected chi connectivity index (χ0v) is 10.3. The molecule has 0 aliphatic heterocycles. The second-order valence-corrected chi connectivity index (χ2v) is 4.12. The van der Waals surface area contributed by atoms with E-state index in [1.807, 2.05) is 38.5 Å². The molecular weight excluding hydrogens is 212 g/mol. The van der Waals surface area contributed by atoms with Crippen LogP contribution in [0.4, 0.5) is 0 Å². The molecule has 0 unspecified atom stereocenters. The number of aromatic amines is 1. The molecule has 0 atom stereocenters. The highest BCUT2D eigenvalue weighted by atomic mass is 14.9. The summed E-state index contributed by atoms with van der Waals surface area (Å²) in [5.74, 6) is 0.927. The summed E-state index contributed by atoms with van der Waals surface area (Å²) in [4.78, 5) is 12.1. The number of aryl methyl sites for hydroxylation is 2. The molecule has 4 heteroatoms. The van der Waals surface area contributed by atoms with Gasteiger partial charge in [-0.25, -0.2) is 9.97 Å². The van der Waals surface area contributed by atoms with Crippen LogP contribution in [0.15, 0.2) is 24.5 Å². The average Bonchev–Trinajstić information content (AvgIpc) is 2.82. The third-order valence-electron chi connectivity index (χ3n) is 2.62. The molecule has 0 fully saturated rings. The highest BCUT2D eigenvalue weighted by molar-refractivity contribution is 5.58. The van der Waals surface area contributed by atoms with E-state index in [9.17, 15) is 0 Å². The normalized spacial score (nSPS) is 10.7. The van der Waals surface area contributed by atoms with Gasteiger partial charge < -0.3 is 10.3 Å². The van der Waals surface area contributed by atoms with Crippen LogP contribution in [0.1, 0.15) is 17.9 Å². The Bertz CT molecular complexity index is 462. The predicted molar refractivity (Wildman–Crippen MR) is 68.8 cm³/mol. The van der Waals surface area contributed by atoms with Crippen LogP contribution in [0.2, 0.25) is 0 Å². The fraction of sp³-hybridized carbons (Fsp3) is 0.385. The Hall–Kier alpha value is -1.68. The van der Waals surface area contributed by atoms with Gasteiger partial charge in [0.1, 0.15) is 5.82 Å². The molecule has 0 bridgehead atoms. The van der Waals surface area contributed by atoms with Gasteiger partial charge in [-0.15, -0.1) is 0 Å². The van der Waals surface area contributed by atoms with Gasteiger partial charge in [-0.1, -0.05) is 0 Å². The van der Waals surface area contributed by atoms with Gasteiger partial charge in [0.05, 0.1) is 5.69 Å². The van der Waals surface area contributed by atoms with Gasteiger partial charge in [0.25, 0.3) is 0 Å². The van der Waals surface area contributed by atoms with Crippen molar-refractivity contribution in [1.82, 2.24) is 20.3 Å². The lowest BCUT2D eigenvalue weighted by atomic mass is 10.2. The van der Waals surface area contributed by atoms with E-state index < -0.39 is 0 Å². The summed E-state index contributed by atoms with van der Waals surface area (Å²) in [6, 6.07) is 4.05. The summed E-state index contributed by atoms with van der Waals surface area (Å²) in [5, 5.41) is 3.13. The molecule has 0 spiro atoms. The van der Waals surface area contributed by atoms with Crippen molar-refractivity contribution < 1.29 is 0 Å². The summed E-state index contributed by atoms with van der Waals surface area (Å²) in [6.07, 6.45) is 5.85. The molecule has 0 saturated carbocycles. The Balaban J connectivity index is 2.18. The maximum atomic E-state index is 4.59. The summed E-state index contributed by atoms with van der Waals surface area (Å²) in [5.41, 5.74) is 3.14. The van der Waals surface area contributed by atoms with Gasteiger partial charge in [-0.2, -0.15) is 0 Å². The zero-order chi connectivity index (χ0) is 12.1. The summed E-state index contributed by atoms with van der Waals surface area (Å²) in [6.45, 7) is 3.01. The van der Waals surface area contributed by atoms with Gasteiger partial charge in [0, 0.05) is 30.1 Å². The van der Waals surface area contributed by atoms with Crippen molar-refractivity contribution in [3.05, 3.63) is 36.0 Å². The number of H-pyrrole nitrogens is 1. The number of hydrogen-bond acceptors (Lipinski definition) is 3. The molecule has 0 aliphatic carbocycles. The number of nitrogens with zero attached hydrogens (tertiary/aromatic N) is 2. The SMILES string of the molecule is CNCCCc1nc(C)cc(-c2cc[nH]c2)n1. The van der Waals surface area contributed by atoms with Crippen molar-refractivity contribution >= 4 is 0 Å². The molecule has 2 heterocycles. The largest absolute Gasteiger partial charge is 0.367 e. The third kappa shape index (κ3) is 3.14. The maximum Gasteiger partial charge on any atom is 0.129 e. The van der Waals surface area contributed by atoms with E-state index in [1.165, 1.54) is 0 Å². The summed E-state index contributed by atoms with van der Waals surface area (Å²) in [7, 11) is 1.96. The number of rotatable bonds is 5. The van der Waals surface area contributed by atoms with E-state index in [-0.39, 0.29) is 0 Å². The molecule has 2 N–H and O–H groups in total. The topological polar surface area (TPSA) is 53.6 Å². The first-order valence-electron chi connectivity index (χ1n) is 5.92. The second-order valence-electron chi connectivity index (χ2n) is 4.12. The van der Waals surface area contributed by atoms with E-state index in [0.717, 1.165) is 42.2 Å². The Morgan fingerprint density at radius 1 is 1.35 bits per heavy atom. The maximum absolute atomic E-state index is 4.59. The molecule has 0 amide bonds. The lowest BCUT2D eigenvalue weighted by Gasteiger charge is -2.04. The van der Waals surface area contributed by atoms with Gasteiger partial charge in [0.2, 0.25) is 0 Å². The Kier molecular flexibility index (Phi) is 3.88. The fourth-order valence-electron chi connectivity index (χ4n) is 1.80. The molecule has 90 valence electrons. The van der Waals surface area contributed by atoms with Crippen LogP contribution in [0.25, 0.3) is 11.3 Å². The van der Waals surface area contributed by atoms with Crippen molar-refractivity contribution in [3.63, 3.8) is 0 Å². The molecule has 2 aromatic rings. The van der Waals surface area contributed by atoms with Gasteiger partial charge in [-0.3, -0.25) is 0 Å². The van der Waals surface area contributed by atoms with Crippen LogP contribution >= 0.6 is 0 Å². The first-order valence-corrected chi connectivity index (χ1v) is 5.92. The molecule has 4 nitrogen and oxygen atoms in total. The van der Waals surface area contributed by atoms with Crippen LogP contribution in [0, 0.1) is 6.92 Å². The molecule has 0 saturated heterocycles. The Labute approximate surface area is 102 Å². The predicted octanol–water partition coefficient (Wildman–Crippen LogP) is 1.93. The molecule has 17 heavy (non-hydrogen) atoms. The van der Waals surface area contributed by atoms with Gasteiger partial charge in [-0.05, 0) is 39.1 Å². The van der Waals surface area contributed by atoms with Crippen LogP contribution < -0.4 is 5.32 Å². The standard InChI is InChI=1S/C13H18N4/c1-10-8-12(11-5-7-15-9-11)17-13(16-10)4-3-6-14-2/h5,7-9,14-15H,3-4,6H2,1-2H3. The lowest BCUT2D eigenvalue weighted by molar-refractivity contribution is 0.701. The molecule has 2 aromatic heterocycles. The van der Waals surface area contributed by atoms with Crippen LogP contribution in [-0.4, -0.2) is 28.5 Å². The third-order valence-corrected chi connectivity index (χ3v) is 2.62. The smallest absolute Gasteiger partial charge is 0.129 e. The van der Waals surface area contributed by atoms with Crippen LogP contribution in [0.5, 0.6) is 0 Å². The van der Waals surface area contributed by atoms with Crippen molar-refractivity contribution in [3.8, 4) is 11.3 Å². The minimum Gasteiger partial charge on any atom is -0.367 e. The lowest BCUT2D eigenvalue weighted by Crippen LogP contribution is -2.09. The number of hydrogen-bond donors (Lipinski definition) is 2. The summed E-state index contributed by atoms with van der Waals surface area (Å²) >= 11 is 0. The quantitative estimate of drug-likeness (QED) is 0.772.